The second-order valence-electron chi connectivity index (χ2n) is 13.8. The Morgan fingerprint density at radius 1 is 1.10 bits per heavy atom. The number of thiophene rings is 1. The van der Waals surface area contributed by atoms with E-state index >= 15 is 4.39 Å². The highest BCUT2D eigenvalue weighted by molar-refractivity contribution is 7.26. The Kier molecular flexibility index (Phi) is 6.26. The van der Waals surface area contributed by atoms with Crippen molar-refractivity contribution in [3.8, 4) is 29.6 Å². The van der Waals surface area contributed by atoms with Crippen molar-refractivity contribution in [2.75, 3.05) is 37.7 Å². The molecule has 2 N–H and O–H groups in total. The standard InChI is InChI=1S/C36H32F2N8OS/c1-2-23-26(38)7-4-19-12-27-25(14-40-44-27)29(28(19)23)31-32-24(8-10-39-31)30-33(45-16-21-5-6-22(17-45)41-21)42-35(43-34(30)48-32)47-18-36-9-3-11-46(36)15-20(37)13-36/h1,4,7-8,10,12,14,20-22,41H,3,5-6,9,11,13,15-18H2,(H,40,44)/t20-,21-,22+,36+/m1/s1. The molecule has 12 heteroatoms. The molecule has 4 aliphatic rings. The van der Waals surface area contributed by atoms with Gasteiger partial charge in [-0.2, -0.15) is 15.1 Å². The number of aromatic amines is 1. The monoisotopic (exact) mass is 662 g/mol. The summed E-state index contributed by atoms with van der Waals surface area (Å²) in [5.74, 6) is 2.99. The van der Waals surface area contributed by atoms with Crippen LogP contribution in [0.2, 0.25) is 0 Å². The number of nitrogens with zero attached hydrogens (tertiary/aromatic N) is 6. The van der Waals surface area contributed by atoms with Crippen molar-refractivity contribution in [2.24, 2.45) is 0 Å². The Balaban J connectivity index is 1.18. The first-order valence-corrected chi connectivity index (χ1v) is 17.5. The number of H-pyrrole nitrogens is 1. The maximum atomic E-state index is 15.2. The zero-order chi connectivity index (χ0) is 32.1. The summed E-state index contributed by atoms with van der Waals surface area (Å²) in [5, 5.41) is 15.3. The number of nitrogens with one attached hydrogen (secondary N) is 2. The van der Waals surface area contributed by atoms with Crippen LogP contribution in [-0.4, -0.2) is 86.6 Å². The largest absolute Gasteiger partial charge is 0.461 e. The zero-order valence-corrected chi connectivity index (χ0v) is 26.9. The Morgan fingerprint density at radius 2 is 1.98 bits per heavy atom. The minimum absolute atomic E-state index is 0.195. The van der Waals surface area contributed by atoms with Crippen LogP contribution in [-0.2, 0) is 0 Å². The first kappa shape index (κ1) is 28.6. The van der Waals surface area contributed by atoms with Crippen molar-refractivity contribution in [3.63, 3.8) is 0 Å². The van der Waals surface area contributed by atoms with Crippen molar-refractivity contribution < 1.29 is 13.5 Å². The summed E-state index contributed by atoms with van der Waals surface area (Å²) in [6, 6.07) is 8.21. The third-order valence-electron chi connectivity index (χ3n) is 11.0. The van der Waals surface area contributed by atoms with E-state index < -0.39 is 12.0 Å². The average molecular weight is 663 g/mol. The van der Waals surface area contributed by atoms with Crippen LogP contribution in [0.4, 0.5) is 14.6 Å². The van der Waals surface area contributed by atoms with Crippen LogP contribution in [0.3, 0.4) is 0 Å². The molecule has 6 aromatic rings. The summed E-state index contributed by atoms with van der Waals surface area (Å²) in [6.07, 6.45) is 13.3. The number of aromatic nitrogens is 5. The number of rotatable bonds is 5. The molecule has 0 aliphatic carbocycles. The number of hydrogen-bond acceptors (Lipinski definition) is 9. The van der Waals surface area contributed by atoms with Crippen molar-refractivity contribution in [3.05, 3.63) is 48.0 Å². The molecule has 4 aliphatic heterocycles. The van der Waals surface area contributed by atoms with Gasteiger partial charge >= 0.3 is 6.01 Å². The van der Waals surface area contributed by atoms with Gasteiger partial charge in [0.1, 0.15) is 29.2 Å². The van der Waals surface area contributed by atoms with E-state index in [0.29, 0.717) is 48.7 Å². The minimum Gasteiger partial charge on any atom is -0.461 e. The van der Waals surface area contributed by atoms with E-state index in [0.717, 1.165) is 93.3 Å². The van der Waals surface area contributed by atoms with E-state index in [1.165, 1.54) is 17.4 Å². The normalized spacial score (nSPS) is 25.5. The van der Waals surface area contributed by atoms with Gasteiger partial charge < -0.3 is 15.0 Å². The van der Waals surface area contributed by atoms with Gasteiger partial charge in [-0.25, -0.2) is 8.78 Å². The highest BCUT2D eigenvalue weighted by atomic mass is 32.1. The molecule has 0 radical (unpaired) electrons. The lowest BCUT2D eigenvalue weighted by Crippen LogP contribution is -2.51. The molecule has 10 rings (SSSR count). The molecule has 2 aromatic carbocycles. The molecule has 0 amide bonds. The minimum atomic E-state index is -0.836. The van der Waals surface area contributed by atoms with Crippen LogP contribution in [0.25, 0.3) is 53.2 Å². The van der Waals surface area contributed by atoms with Crippen LogP contribution < -0.4 is 15.0 Å². The topological polar surface area (TPSA) is 95.1 Å². The molecule has 4 aromatic heterocycles. The Labute approximate surface area is 278 Å². The Bertz CT molecular complexity index is 2320. The van der Waals surface area contributed by atoms with Gasteiger partial charge in [0.2, 0.25) is 0 Å². The Hall–Kier alpha value is -4.44. The molecular formula is C36H32F2N8OS. The predicted molar refractivity (Wildman–Crippen MR) is 184 cm³/mol. The SMILES string of the molecule is C#Cc1c(F)ccc2cc3[nH]ncc3c(-c3nccc4c3sc3nc(OC[C@@]56CCCN5C[C@H](F)C6)nc(N5C[C@H]6CC[C@@H](C5)N6)c34)c12. The van der Waals surface area contributed by atoms with Crippen molar-refractivity contribution in [2.45, 2.75) is 55.9 Å². The highest BCUT2D eigenvalue weighted by Gasteiger charge is 2.49. The van der Waals surface area contributed by atoms with E-state index in [1.54, 1.807) is 18.5 Å². The molecule has 0 spiro atoms. The fourth-order valence-electron chi connectivity index (χ4n) is 8.92. The first-order chi connectivity index (χ1) is 23.5. The average Bonchev–Trinajstić information content (AvgIpc) is 3.91. The number of halogens is 2. The van der Waals surface area contributed by atoms with Gasteiger partial charge in [0.05, 0.1) is 38.6 Å². The summed E-state index contributed by atoms with van der Waals surface area (Å²) in [7, 11) is 0. The number of fused-ring (bicyclic) bond motifs is 8. The third-order valence-corrected chi connectivity index (χ3v) is 12.1. The fraction of sp³-hybridized carbons (Fsp3) is 0.389. The van der Waals surface area contributed by atoms with Gasteiger partial charge in [0.15, 0.2) is 0 Å². The number of piperazine rings is 1. The number of pyridine rings is 1. The number of anilines is 1. The number of alkyl halides is 1. The van der Waals surface area contributed by atoms with Gasteiger partial charge in [0.25, 0.3) is 0 Å². The molecule has 2 bridgehead atoms. The van der Waals surface area contributed by atoms with Crippen LogP contribution in [0.15, 0.2) is 36.7 Å². The van der Waals surface area contributed by atoms with E-state index in [9.17, 15) is 4.39 Å². The first-order valence-electron chi connectivity index (χ1n) is 16.7. The third kappa shape index (κ3) is 4.20. The van der Waals surface area contributed by atoms with Gasteiger partial charge in [-0.15, -0.1) is 17.8 Å². The molecule has 9 nitrogen and oxygen atoms in total. The summed E-state index contributed by atoms with van der Waals surface area (Å²) in [6.45, 7) is 3.39. The quantitative estimate of drug-likeness (QED) is 0.219. The van der Waals surface area contributed by atoms with Crippen LogP contribution >= 0.6 is 11.3 Å². The number of terminal acetylenes is 1. The summed E-state index contributed by atoms with van der Waals surface area (Å²) in [4.78, 5) is 20.4. The molecular weight excluding hydrogens is 631 g/mol. The van der Waals surface area contributed by atoms with E-state index in [-0.39, 0.29) is 11.1 Å². The number of benzene rings is 2. The van der Waals surface area contributed by atoms with Crippen LogP contribution in [0.5, 0.6) is 6.01 Å². The van der Waals surface area contributed by atoms with Crippen LogP contribution in [0, 0.1) is 18.2 Å². The van der Waals surface area contributed by atoms with Gasteiger partial charge in [-0.3, -0.25) is 15.0 Å². The van der Waals surface area contributed by atoms with E-state index in [1.807, 2.05) is 12.1 Å². The van der Waals surface area contributed by atoms with Crippen molar-refractivity contribution in [1.29, 1.82) is 0 Å². The second kappa shape index (κ2) is 10.5. The summed E-state index contributed by atoms with van der Waals surface area (Å²) < 4.78 is 37.2. The van der Waals surface area contributed by atoms with Gasteiger partial charge in [0, 0.05) is 66.1 Å². The smallest absolute Gasteiger partial charge is 0.319 e. The van der Waals surface area contributed by atoms with Crippen molar-refractivity contribution in [1.82, 2.24) is 35.4 Å². The summed E-state index contributed by atoms with van der Waals surface area (Å²) >= 11 is 1.52. The number of ether oxygens (including phenoxy) is 1. The maximum absolute atomic E-state index is 15.2. The zero-order valence-electron chi connectivity index (χ0n) is 26.1. The lowest BCUT2D eigenvalue weighted by Gasteiger charge is -2.34. The van der Waals surface area contributed by atoms with E-state index in [2.05, 4.69) is 31.2 Å². The molecule has 4 atom stereocenters. The van der Waals surface area contributed by atoms with E-state index in [4.69, 9.17) is 26.1 Å². The highest BCUT2D eigenvalue weighted by Crippen LogP contribution is 2.47. The molecule has 48 heavy (non-hydrogen) atoms. The Morgan fingerprint density at radius 3 is 2.83 bits per heavy atom. The maximum Gasteiger partial charge on any atom is 0.319 e. The van der Waals surface area contributed by atoms with Gasteiger partial charge in [-0.1, -0.05) is 12.0 Å². The lowest BCUT2D eigenvalue weighted by atomic mass is 9.93. The molecule has 4 fully saturated rings. The van der Waals surface area contributed by atoms with Crippen molar-refractivity contribution >= 4 is 59.1 Å². The predicted octanol–water partition coefficient (Wildman–Crippen LogP) is 5.95. The molecule has 0 unspecified atom stereocenters. The van der Waals surface area contributed by atoms with Gasteiger partial charge in [-0.05, 0) is 55.8 Å². The lowest BCUT2D eigenvalue weighted by molar-refractivity contribution is 0.107. The van der Waals surface area contributed by atoms with Crippen LogP contribution in [0.1, 0.15) is 37.7 Å². The second-order valence-corrected chi connectivity index (χ2v) is 14.8. The fourth-order valence-corrected chi connectivity index (χ4v) is 10.1. The summed E-state index contributed by atoms with van der Waals surface area (Å²) in [5.41, 5.74) is 2.11. The molecule has 242 valence electrons. The molecule has 8 heterocycles. The molecule has 0 saturated carbocycles. The number of hydrogen-bond donors (Lipinski definition) is 2. The molecule has 4 saturated heterocycles.